The highest BCUT2D eigenvalue weighted by Crippen LogP contribution is 2.28. The molecular formula is C9H11NO4S. The minimum Gasteiger partial charge on any atom is -0.394 e. The molecule has 5 nitrogen and oxygen atoms in total. The van der Waals surface area contributed by atoms with Gasteiger partial charge in [-0.2, -0.15) is 0 Å². The number of thioether (sulfide) groups is 1. The second-order valence-electron chi connectivity index (χ2n) is 2.87. The zero-order valence-corrected chi connectivity index (χ0v) is 8.68. The van der Waals surface area contributed by atoms with Crippen molar-refractivity contribution in [3.63, 3.8) is 0 Å². The predicted molar refractivity (Wildman–Crippen MR) is 56.9 cm³/mol. The molecular weight excluding hydrogens is 218 g/mol. The van der Waals surface area contributed by atoms with Gasteiger partial charge in [0.25, 0.3) is 5.69 Å². The Labute approximate surface area is 90.9 Å². The summed E-state index contributed by atoms with van der Waals surface area (Å²) >= 11 is 1.16. The van der Waals surface area contributed by atoms with Gasteiger partial charge < -0.3 is 10.2 Å². The lowest BCUT2D eigenvalue weighted by Crippen LogP contribution is -2.14. The van der Waals surface area contributed by atoms with Crippen LogP contribution in [-0.2, 0) is 0 Å². The summed E-state index contributed by atoms with van der Waals surface area (Å²) in [6.07, 6.45) is -0.852. The van der Waals surface area contributed by atoms with Gasteiger partial charge in [0.05, 0.1) is 22.5 Å². The molecule has 0 aliphatic rings. The molecule has 0 heterocycles. The summed E-state index contributed by atoms with van der Waals surface area (Å²) in [6.45, 7) is -0.340. The number of benzene rings is 1. The molecule has 0 amide bonds. The normalized spacial score (nSPS) is 12.4. The van der Waals surface area contributed by atoms with Crippen molar-refractivity contribution < 1.29 is 15.1 Å². The number of nitro benzene ring substituents is 1. The number of para-hydroxylation sites is 1. The Morgan fingerprint density at radius 1 is 1.47 bits per heavy atom. The lowest BCUT2D eigenvalue weighted by atomic mass is 10.3. The van der Waals surface area contributed by atoms with E-state index in [0.29, 0.717) is 4.90 Å². The fourth-order valence-corrected chi connectivity index (χ4v) is 1.91. The summed E-state index contributed by atoms with van der Waals surface area (Å²) in [7, 11) is 0. The first-order valence-electron chi connectivity index (χ1n) is 4.30. The zero-order chi connectivity index (χ0) is 11.3. The van der Waals surface area contributed by atoms with E-state index < -0.39 is 11.0 Å². The highest BCUT2D eigenvalue weighted by Gasteiger charge is 2.13. The van der Waals surface area contributed by atoms with Crippen molar-refractivity contribution >= 4 is 17.4 Å². The molecule has 0 aliphatic carbocycles. The number of hydrogen-bond acceptors (Lipinski definition) is 5. The highest BCUT2D eigenvalue weighted by molar-refractivity contribution is 7.99. The van der Waals surface area contributed by atoms with Gasteiger partial charge in [-0.05, 0) is 6.07 Å². The van der Waals surface area contributed by atoms with E-state index in [1.807, 2.05) is 0 Å². The quantitative estimate of drug-likeness (QED) is 0.448. The summed E-state index contributed by atoms with van der Waals surface area (Å²) in [5.74, 6) is 0.237. The van der Waals surface area contributed by atoms with Crippen molar-refractivity contribution in [2.24, 2.45) is 0 Å². The molecule has 0 saturated carbocycles. The molecule has 1 rings (SSSR count). The van der Waals surface area contributed by atoms with Gasteiger partial charge in [0.2, 0.25) is 0 Å². The summed E-state index contributed by atoms with van der Waals surface area (Å²) in [6, 6.07) is 6.31. The van der Waals surface area contributed by atoms with Crippen LogP contribution in [0.25, 0.3) is 0 Å². The van der Waals surface area contributed by atoms with Gasteiger partial charge >= 0.3 is 0 Å². The highest BCUT2D eigenvalue weighted by atomic mass is 32.2. The number of nitrogens with zero attached hydrogens (tertiary/aromatic N) is 1. The summed E-state index contributed by atoms with van der Waals surface area (Å²) in [4.78, 5) is 10.6. The van der Waals surface area contributed by atoms with E-state index in [0.717, 1.165) is 11.8 Å². The minimum atomic E-state index is -0.852. The van der Waals surface area contributed by atoms with Crippen LogP contribution >= 0.6 is 11.8 Å². The van der Waals surface area contributed by atoms with Crippen LogP contribution in [0.5, 0.6) is 0 Å². The Morgan fingerprint density at radius 2 is 2.13 bits per heavy atom. The SMILES string of the molecule is O=[N+]([O-])c1ccccc1SC[C@H](O)CO. The maximum atomic E-state index is 10.6. The molecule has 0 saturated heterocycles. The topological polar surface area (TPSA) is 83.6 Å². The van der Waals surface area contributed by atoms with Gasteiger partial charge in [-0.25, -0.2) is 0 Å². The maximum Gasteiger partial charge on any atom is 0.282 e. The molecule has 0 radical (unpaired) electrons. The van der Waals surface area contributed by atoms with Crippen molar-refractivity contribution in [3.05, 3.63) is 34.4 Å². The van der Waals surface area contributed by atoms with E-state index in [-0.39, 0.29) is 18.0 Å². The lowest BCUT2D eigenvalue weighted by Gasteiger charge is -2.06. The van der Waals surface area contributed by atoms with Crippen molar-refractivity contribution in [2.45, 2.75) is 11.0 Å². The van der Waals surface area contributed by atoms with E-state index in [4.69, 9.17) is 10.2 Å². The van der Waals surface area contributed by atoms with Gasteiger partial charge in [-0.15, -0.1) is 11.8 Å². The van der Waals surface area contributed by atoms with Crippen LogP contribution in [0.4, 0.5) is 5.69 Å². The van der Waals surface area contributed by atoms with E-state index in [2.05, 4.69) is 0 Å². The van der Waals surface area contributed by atoms with Crippen LogP contribution < -0.4 is 0 Å². The van der Waals surface area contributed by atoms with Crippen LogP contribution in [0.2, 0.25) is 0 Å². The predicted octanol–water partition coefficient (Wildman–Crippen LogP) is 1.04. The third kappa shape index (κ3) is 3.50. The average molecular weight is 229 g/mol. The van der Waals surface area contributed by atoms with Crippen LogP contribution in [0, 0.1) is 10.1 Å². The van der Waals surface area contributed by atoms with E-state index in [1.165, 1.54) is 6.07 Å². The Morgan fingerprint density at radius 3 is 2.73 bits per heavy atom. The van der Waals surface area contributed by atoms with Gasteiger partial charge in [0.1, 0.15) is 0 Å². The second-order valence-corrected chi connectivity index (χ2v) is 3.93. The Balaban J connectivity index is 2.72. The van der Waals surface area contributed by atoms with E-state index >= 15 is 0 Å². The summed E-state index contributed by atoms with van der Waals surface area (Å²) in [5, 5.41) is 28.3. The molecule has 0 spiro atoms. The molecule has 0 unspecified atom stereocenters. The molecule has 1 aromatic rings. The maximum absolute atomic E-state index is 10.6. The Hall–Kier alpha value is -1.11. The van der Waals surface area contributed by atoms with E-state index in [1.54, 1.807) is 18.2 Å². The van der Waals surface area contributed by atoms with Crippen LogP contribution in [-0.4, -0.2) is 33.6 Å². The van der Waals surface area contributed by atoms with Crippen LogP contribution in [0.15, 0.2) is 29.2 Å². The lowest BCUT2D eigenvalue weighted by molar-refractivity contribution is -0.387. The minimum absolute atomic E-state index is 0.0210. The van der Waals surface area contributed by atoms with Gasteiger partial charge in [-0.3, -0.25) is 10.1 Å². The Kier molecular flexibility index (Phi) is 4.54. The van der Waals surface area contributed by atoms with Gasteiger partial charge in [0, 0.05) is 11.8 Å². The zero-order valence-electron chi connectivity index (χ0n) is 7.87. The first-order valence-corrected chi connectivity index (χ1v) is 5.29. The molecule has 0 aromatic heterocycles. The number of rotatable bonds is 5. The first kappa shape index (κ1) is 12.0. The number of aliphatic hydroxyl groups excluding tert-OH is 2. The first-order chi connectivity index (χ1) is 7.15. The fourth-order valence-electron chi connectivity index (χ4n) is 0.969. The third-order valence-corrected chi connectivity index (χ3v) is 2.91. The van der Waals surface area contributed by atoms with Gasteiger partial charge in [-0.1, -0.05) is 12.1 Å². The number of hydrogen-bond donors (Lipinski definition) is 2. The van der Waals surface area contributed by atoms with Crippen molar-refractivity contribution in [1.82, 2.24) is 0 Å². The molecule has 0 aliphatic heterocycles. The molecule has 2 N–H and O–H groups in total. The van der Waals surface area contributed by atoms with Crippen molar-refractivity contribution in [2.75, 3.05) is 12.4 Å². The summed E-state index contributed by atoms with van der Waals surface area (Å²) in [5.41, 5.74) is 0.0210. The number of aliphatic hydroxyl groups is 2. The molecule has 15 heavy (non-hydrogen) atoms. The fraction of sp³-hybridized carbons (Fsp3) is 0.333. The number of nitro groups is 1. The molecule has 82 valence electrons. The largest absolute Gasteiger partial charge is 0.394 e. The third-order valence-electron chi connectivity index (χ3n) is 1.70. The molecule has 1 atom stereocenters. The Bertz CT molecular complexity index is 345. The van der Waals surface area contributed by atoms with E-state index in [9.17, 15) is 10.1 Å². The average Bonchev–Trinajstić information content (AvgIpc) is 2.26. The van der Waals surface area contributed by atoms with Crippen LogP contribution in [0.1, 0.15) is 0 Å². The molecule has 6 heteroatoms. The molecule has 0 fully saturated rings. The second kappa shape index (κ2) is 5.69. The van der Waals surface area contributed by atoms with Crippen LogP contribution in [0.3, 0.4) is 0 Å². The monoisotopic (exact) mass is 229 g/mol. The molecule has 1 aromatic carbocycles. The smallest absolute Gasteiger partial charge is 0.282 e. The van der Waals surface area contributed by atoms with Gasteiger partial charge in [0.15, 0.2) is 0 Å². The van der Waals surface area contributed by atoms with Crippen molar-refractivity contribution in [3.8, 4) is 0 Å². The summed E-state index contributed by atoms with van der Waals surface area (Å²) < 4.78 is 0. The molecule has 0 bridgehead atoms. The van der Waals surface area contributed by atoms with Crippen molar-refractivity contribution in [1.29, 1.82) is 0 Å². The standard InChI is InChI=1S/C9H11NO4S/c11-5-7(12)6-15-9-4-2-1-3-8(9)10(13)14/h1-4,7,11-12H,5-6H2/t7-/m1/s1.